The van der Waals surface area contributed by atoms with Gasteiger partial charge in [0.25, 0.3) is 0 Å². The van der Waals surface area contributed by atoms with Crippen LogP contribution in [0.1, 0.15) is 46.1 Å². The van der Waals surface area contributed by atoms with Crippen LogP contribution in [0, 0.1) is 5.92 Å². The van der Waals surface area contributed by atoms with Crippen LogP contribution in [0.2, 0.25) is 6.55 Å². The van der Waals surface area contributed by atoms with Crippen LogP contribution in [0.5, 0.6) is 0 Å². The zero-order chi connectivity index (χ0) is 21.6. The average Bonchev–Trinajstić information content (AvgIpc) is 2.62. The van der Waals surface area contributed by atoms with E-state index in [9.17, 15) is 14.4 Å². The topological polar surface area (TPSA) is 97.8 Å². The van der Waals surface area contributed by atoms with Crippen LogP contribution in [0.4, 0.5) is 10.6 Å². The van der Waals surface area contributed by atoms with E-state index in [1.165, 1.54) is 0 Å². The van der Waals surface area contributed by atoms with Gasteiger partial charge in [-0.05, 0) is 51.3 Å². The van der Waals surface area contributed by atoms with Crippen molar-refractivity contribution in [3.05, 3.63) is 23.9 Å². The summed E-state index contributed by atoms with van der Waals surface area (Å²) in [6, 6.07) is 2.97. The number of β-lactam (4-membered cyclic amide) rings is 1. The van der Waals surface area contributed by atoms with Gasteiger partial charge in [0.15, 0.2) is 0 Å². The Morgan fingerprint density at radius 3 is 2.69 bits per heavy atom. The first-order valence-electron chi connectivity index (χ1n) is 10.1. The smallest absolute Gasteiger partial charge is 0.413 e. The number of amides is 2. The SMILES string of the molecule is CCCCOC(=O)[C@@H]1[C@@H](Cc2ccnc(NC(=O)OC(C)(C)C)c2)C(=O)N1[SiH2]C. The maximum absolute atomic E-state index is 12.5. The van der Waals surface area contributed by atoms with E-state index in [2.05, 4.69) is 10.3 Å². The van der Waals surface area contributed by atoms with Crippen molar-refractivity contribution in [3.63, 3.8) is 0 Å². The molecule has 29 heavy (non-hydrogen) atoms. The molecule has 160 valence electrons. The van der Waals surface area contributed by atoms with E-state index in [4.69, 9.17) is 9.47 Å². The lowest BCUT2D eigenvalue weighted by Gasteiger charge is -2.45. The predicted molar refractivity (Wildman–Crippen MR) is 112 cm³/mol. The van der Waals surface area contributed by atoms with Crippen LogP contribution in [-0.4, -0.2) is 55.5 Å². The number of pyridine rings is 1. The molecule has 1 saturated heterocycles. The van der Waals surface area contributed by atoms with Gasteiger partial charge in [-0.25, -0.2) is 14.6 Å². The van der Waals surface area contributed by atoms with Crippen molar-refractivity contribution in [1.82, 2.24) is 9.55 Å². The van der Waals surface area contributed by atoms with Crippen LogP contribution < -0.4 is 5.32 Å². The van der Waals surface area contributed by atoms with Crippen molar-refractivity contribution >= 4 is 33.5 Å². The summed E-state index contributed by atoms with van der Waals surface area (Å²) in [5, 5.41) is 2.60. The molecule has 1 aliphatic heterocycles. The molecule has 2 rings (SSSR count). The molecule has 1 aliphatic rings. The van der Waals surface area contributed by atoms with Gasteiger partial charge in [-0.2, -0.15) is 0 Å². The molecule has 0 aromatic carbocycles. The molecule has 0 radical (unpaired) electrons. The van der Waals surface area contributed by atoms with E-state index in [0.717, 1.165) is 18.4 Å². The summed E-state index contributed by atoms with van der Waals surface area (Å²) >= 11 is 0. The molecule has 2 heterocycles. The molecule has 1 aromatic heterocycles. The number of carbonyl (C=O) groups is 3. The number of nitrogens with one attached hydrogen (secondary N) is 1. The highest BCUT2D eigenvalue weighted by Crippen LogP contribution is 2.30. The van der Waals surface area contributed by atoms with Crippen molar-refractivity contribution in [2.75, 3.05) is 11.9 Å². The molecule has 9 heteroatoms. The lowest BCUT2D eigenvalue weighted by Crippen LogP contribution is -2.66. The molecule has 0 unspecified atom stereocenters. The van der Waals surface area contributed by atoms with E-state index in [1.807, 2.05) is 13.5 Å². The lowest BCUT2D eigenvalue weighted by molar-refractivity contribution is -0.167. The third-order valence-electron chi connectivity index (χ3n) is 4.55. The van der Waals surface area contributed by atoms with E-state index in [0.29, 0.717) is 18.8 Å². The Hall–Kier alpha value is -2.42. The molecule has 0 spiro atoms. The molecular weight excluding hydrogens is 390 g/mol. The third-order valence-corrected chi connectivity index (χ3v) is 5.94. The first kappa shape index (κ1) is 22.9. The molecule has 0 aliphatic carbocycles. The Kier molecular flexibility index (Phi) is 7.78. The fraction of sp³-hybridized carbons (Fsp3) is 0.600. The average molecular weight is 422 g/mol. The van der Waals surface area contributed by atoms with Crippen molar-refractivity contribution in [1.29, 1.82) is 0 Å². The molecule has 8 nitrogen and oxygen atoms in total. The zero-order valence-corrected chi connectivity index (χ0v) is 19.3. The van der Waals surface area contributed by atoms with Crippen LogP contribution in [0.25, 0.3) is 0 Å². The van der Waals surface area contributed by atoms with Gasteiger partial charge in [-0.15, -0.1) is 0 Å². The van der Waals surface area contributed by atoms with Crippen molar-refractivity contribution in [2.24, 2.45) is 5.92 Å². The van der Waals surface area contributed by atoms with E-state index < -0.39 is 33.3 Å². The summed E-state index contributed by atoms with van der Waals surface area (Å²) in [5.41, 5.74) is 0.201. The lowest BCUT2D eigenvalue weighted by atomic mass is 9.85. The highest BCUT2D eigenvalue weighted by Gasteiger charge is 2.50. The minimum absolute atomic E-state index is 0.00456. The first-order valence-corrected chi connectivity index (χ1v) is 12.1. The summed E-state index contributed by atoms with van der Waals surface area (Å²) in [6.07, 6.45) is 3.11. The number of esters is 1. The number of rotatable bonds is 8. The Morgan fingerprint density at radius 2 is 2.07 bits per heavy atom. The monoisotopic (exact) mass is 421 g/mol. The van der Waals surface area contributed by atoms with Gasteiger partial charge in [0.1, 0.15) is 27.1 Å². The quantitative estimate of drug-likeness (QED) is 0.299. The van der Waals surface area contributed by atoms with Gasteiger partial charge in [0.2, 0.25) is 5.91 Å². The normalized spacial score (nSPS) is 19.2. The van der Waals surface area contributed by atoms with Crippen LogP contribution in [-0.2, 0) is 25.5 Å². The summed E-state index contributed by atoms with van der Waals surface area (Å²) in [7, 11) is -0.805. The zero-order valence-electron chi connectivity index (χ0n) is 17.9. The van der Waals surface area contributed by atoms with Gasteiger partial charge < -0.3 is 14.0 Å². The van der Waals surface area contributed by atoms with Gasteiger partial charge in [-0.3, -0.25) is 10.1 Å². The second-order valence-electron chi connectivity index (χ2n) is 8.08. The molecule has 0 saturated carbocycles. The minimum atomic E-state index is -0.805. The van der Waals surface area contributed by atoms with Crippen molar-refractivity contribution in [3.8, 4) is 0 Å². The number of carbonyl (C=O) groups excluding carboxylic acids is 3. The second-order valence-corrected chi connectivity index (χ2v) is 9.39. The number of hydrogen-bond acceptors (Lipinski definition) is 6. The van der Waals surface area contributed by atoms with Gasteiger partial charge in [0, 0.05) is 6.20 Å². The number of nitrogens with zero attached hydrogens (tertiary/aromatic N) is 2. The Labute approximate surface area is 174 Å². The largest absolute Gasteiger partial charge is 0.464 e. The Morgan fingerprint density at radius 1 is 1.34 bits per heavy atom. The number of unbranched alkanes of at least 4 members (excludes halogenated alkanes) is 1. The van der Waals surface area contributed by atoms with E-state index in [-0.39, 0.29) is 11.9 Å². The number of aromatic nitrogens is 1. The van der Waals surface area contributed by atoms with Crippen LogP contribution in [0.3, 0.4) is 0 Å². The molecular formula is C20H31N3O5Si. The first-order chi connectivity index (χ1) is 13.7. The van der Waals surface area contributed by atoms with Crippen LogP contribution >= 0.6 is 0 Å². The highest BCUT2D eigenvalue weighted by atomic mass is 28.2. The Bertz CT molecular complexity index is 750. The summed E-state index contributed by atoms with van der Waals surface area (Å²) in [6.45, 7) is 9.73. The fourth-order valence-corrected chi connectivity index (χ4v) is 4.54. The van der Waals surface area contributed by atoms with E-state index in [1.54, 1.807) is 43.7 Å². The van der Waals surface area contributed by atoms with Crippen LogP contribution in [0.15, 0.2) is 18.3 Å². The maximum atomic E-state index is 12.5. The predicted octanol–water partition coefficient (Wildman–Crippen LogP) is 2.27. The molecule has 1 aromatic rings. The molecule has 2 atom stereocenters. The summed E-state index contributed by atoms with van der Waals surface area (Å²) in [5.74, 6) is -0.422. The van der Waals surface area contributed by atoms with Crippen molar-refractivity contribution in [2.45, 2.75) is 65.1 Å². The number of anilines is 1. The molecule has 1 fully saturated rings. The van der Waals surface area contributed by atoms with Gasteiger partial charge in [0.05, 0.1) is 12.5 Å². The number of ether oxygens (including phenoxy) is 2. The minimum Gasteiger partial charge on any atom is -0.464 e. The molecule has 2 amide bonds. The Balaban J connectivity index is 2.04. The summed E-state index contributed by atoms with van der Waals surface area (Å²) in [4.78, 5) is 41.1. The standard InChI is InChI=1S/C20H31N3O5Si/c1-6-7-10-27-18(25)16-14(17(24)23(16)29-5)11-13-8-9-21-15(12-13)22-19(26)28-20(2,3)4/h8-9,12,14,16H,6-7,10-11,29H2,1-5H3,(H,21,22,26)/t14-,16+/m1/s1. The fourth-order valence-electron chi connectivity index (χ4n) is 3.20. The third kappa shape index (κ3) is 6.28. The number of hydrogen-bond donors (Lipinski definition) is 1. The summed E-state index contributed by atoms with van der Waals surface area (Å²) < 4.78 is 12.3. The molecule has 0 bridgehead atoms. The maximum Gasteiger partial charge on any atom is 0.413 e. The van der Waals surface area contributed by atoms with Crippen molar-refractivity contribution < 1.29 is 23.9 Å². The second kappa shape index (κ2) is 9.86. The molecule has 1 N–H and O–H groups in total. The highest BCUT2D eigenvalue weighted by molar-refractivity contribution is 6.38. The van der Waals surface area contributed by atoms with E-state index >= 15 is 0 Å². The van der Waals surface area contributed by atoms with Gasteiger partial charge >= 0.3 is 12.1 Å². The van der Waals surface area contributed by atoms with Gasteiger partial charge in [-0.1, -0.05) is 19.9 Å².